The standard InChI is InChI=1S/C29H28ClN3O3/c1-3-35-23-15-12-21(18-24(23)36-4-2)28-25-26(20-10-13-22(30)14-11-20)31-32-27(25)29(34)33(28)17-16-19-8-6-5-7-9-19/h5-15,18,28H,3-4,16-17H2,1-2H3,(H,31,32). The Morgan fingerprint density at radius 2 is 1.67 bits per heavy atom. The van der Waals surface area contributed by atoms with Crippen LogP contribution in [0.15, 0.2) is 72.8 Å². The number of halogens is 1. The summed E-state index contributed by atoms with van der Waals surface area (Å²) in [6.07, 6.45) is 0.742. The van der Waals surface area contributed by atoms with E-state index in [-0.39, 0.29) is 11.9 Å². The van der Waals surface area contributed by atoms with E-state index < -0.39 is 0 Å². The van der Waals surface area contributed by atoms with E-state index >= 15 is 0 Å². The summed E-state index contributed by atoms with van der Waals surface area (Å²) in [5.74, 6) is 1.29. The van der Waals surface area contributed by atoms with Gasteiger partial charge in [-0.05, 0) is 55.7 Å². The SMILES string of the molecule is CCOc1ccc(C2c3c(-c4ccc(Cl)cc4)n[nH]c3C(=O)N2CCc2ccccc2)cc1OCC. The molecule has 7 heteroatoms. The molecule has 1 atom stereocenters. The average molecular weight is 502 g/mol. The molecule has 36 heavy (non-hydrogen) atoms. The lowest BCUT2D eigenvalue weighted by molar-refractivity contribution is 0.0745. The molecule has 0 saturated carbocycles. The molecule has 0 spiro atoms. The second-order valence-corrected chi connectivity index (χ2v) is 9.01. The van der Waals surface area contributed by atoms with E-state index in [1.165, 1.54) is 5.56 Å². The Bertz CT molecular complexity index is 1350. The fraction of sp³-hybridized carbons (Fsp3) is 0.241. The van der Waals surface area contributed by atoms with E-state index in [0.717, 1.165) is 28.8 Å². The summed E-state index contributed by atoms with van der Waals surface area (Å²) in [5.41, 5.74) is 5.15. The summed E-state index contributed by atoms with van der Waals surface area (Å²) in [6, 6.07) is 23.3. The highest BCUT2D eigenvalue weighted by molar-refractivity contribution is 6.30. The Morgan fingerprint density at radius 1 is 0.944 bits per heavy atom. The van der Waals surface area contributed by atoms with Crippen molar-refractivity contribution in [2.24, 2.45) is 0 Å². The Kier molecular flexibility index (Phi) is 6.96. The number of aromatic nitrogens is 2. The van der Waals surface area contributed by atoms with Crippen molar-refractivity contribution in [2.45, 2.75) is 26.3 Å². The zero-order chi connectivity index (χ0) is 25.1. The number of aromatic amines is 1. The van der Waals surface area contributed by atoms with Gasteiger partial charge in [0.1, 0.15) is 5.69 Å². The van der Waals surface area contributed by atoms with Crippen LogP contribution in [0.5, 0.6) is 11.5 Å². The van der Waals surface area contributed by atoms with Gasteiger partial charge in [-0.25, -0.2) is 0 Å². The first-order chi connectivity index (χ1) is 17.6. The van der Waals surface area contributed by atoms with Crippen LogP contribution in [0.2, 0.25) is 5.02 Å². The summed E-state index contributed by atoms with van der Waals surface area (Å²) < 4.78 is 11.7. The molecule has 4 aromatic rings. The van der Waals surface area contributed by atoms with Crippen molar-refractivity contribution < 1.29 is 14.3 Å². The van der Waals surface area contributed by atoms with Gasteiger partial charge in [-0.1, -0.05) is 60.1 Å². The van der Waals surface area contributed by atoms with Crippen LogP contribution in [0.4, 0.5) is 0 Å². The molecule has 0 aliphatic carbocycles. The average Bonchev–Trinajstić information content (AvgIpc) is 3.44. The van der Waals surface area contributed by atoms with Gasteiger partial charge in [0.05, 0.1) is 24.9 Å². The summed E-state index contributed by atoms with van der Waals surface area (Å²) in [6.45, 7) is 5.50. The van der Waals surface area contributed by atoms with Gasteiger partial charge in [0, 0.05) is 22.7 Å². The van der Waals surface area contributed by atoms with Crippen LogP contribution in [0, 0.1) is 0 Å². The van der Waals surface area contributed by atoms with E-state index in [1.807, 2.05) is 79.4 Å². The predicted molar refractivity (Wildman–Crippen MR) is 141 cm³/mol. The van der Waals surface area contributed by atoms with E-state index in [4.69, 9.17) is 21.1 Å². The van der Waals surface area contributed by atoms with E-state index in [2.05, 4.69) is 22.3 Å². The maximum Gasteiger partial charge on any atom is 0.273 e. The summed E-state index contributed by atoms with van der Waals surface area (Å²) in [5, 5.41) is 8.22. The highest BCUT2D eigenvalue weighted by Gasteiger charge is 2.42. The van der Waals surface area contributed by atoms with Gasteiger partial charge >= 0.3 is 0 Å². The zero-order valence-electron chi connectivity index (χ0n) is 20.3. The third-order valence-corrected chi connectivity index (χ3v) is 6.60. The van der Waals surface area contributed by atoms with Crippen molar-refractivity contribution in [1.29, 1.82) is 0 Å². The van der Waals surface area contributed by atoms with E-state index in [0.29, 0.717) is 42.0 Å². The van der Waals surface area contributed by atoms with Crippen LogP contribution < -0.4 is 9.47 Å². The number of hydrogen-bond acceptors (Lipinski definition) is 4. The molecule has 1 amide bonds. The molecule has 184 valence electrons. The third kappa shape index (κ3) is 4.56. The lowest BCUT2D eigenvalue weighted by Gasteiger charge is -2.27. The van der Waals surface area contributed by atoms with E-state index in [1.54, 1.807) is 0 Å². The minimum absolute atomic E-state index is 0.0644. The van der Waals surface area contributed by atoms with Crippen LogP contribution in [0.3, 0.4) is 0 Å². The van der Waals surface area contributed by atoms with Gasteiger partial charge in [0.25, 0.3) is 5.91 Å². The predicted octanol–water partition coefficient (Wildman–Crippen LogP) is 6.32. The molecule has 1 unspecified atom stereocenters. The van der Waals surface area contributed by atoms with Crippen molar-refractivity contribution in [3.05, 3.63) is 100 Å². The molecule has 0 radical (unpaired) electrons. The second-order valence-electron chi connectivity index (χ2n) is 8.58. The highest BCUT2D eigenvalue weighted by Crippen LogP contribution is 2.44. The Hall–Kier alpha value is -3.77. The topological polar surface area (TPSA) is 67.5 Å². The lowest BCUT2D eigenvalue weighted by Crippen LogP contribution is -2.31. The van der Waals surface area contributed by atoms with Crippen LogP contribution in [-0.2, 0) is 6.42 Å². The summed E-state index contributed by atoms with van der Waals surface area (Å²) >= 11 is 6.13. The first-order valence-electron chi connectivity index (χ1n) is 12.2. The van der Waals surface area contributed by atoms with Crippen molar-refractivity contribution in [2.75, 3.05) is 19.8 Å². The fourth-order valence-electron chi connectivity index (χ4n) is 4.73. The quantitative estimate of drug-likeness (QED) is 0.291. The van der Waals surface area contributed by atoms with Crippen LogP contribution in [-0.4, -0.2) is 40.8 Å². The number of H-pyrrole nitrogens is 1. The van der Waals surface area contributed by atoms with Gasteiger partial charge in [-0.3, -0.25) is 9.89 Å². The Morgan fingerprint density at radius 3 is 2.39 bits per heavy atom. The van der Waals surface area contributed by atoms with Crippen molar-refractivity contribution in [3.63, 3.8) is 0 Å². The number of rotatable bonds is 9. The molecule has 1 N–H and O–H groups in total. The molecule has 2 heterocycles. The lowest BCUT2D eigenvalue weighted by atomic mass is 9.95. The van der Waals surface area contributed by atoms with Crippen molar-refractivity contribution >= 4 is 17.5 Å². The molecule has 0 bridgehead atoms. The molecule has 3 aromatic carbocycles. The third-order valence-electron chi connectivity index (χ3n) is 6.35. The molecular weight excluding hydrogens is 474 g/mol. The summed E-state index contributed by atoms with van der Waals surface area (Å²) in [7, 11) is 0. The minimum Gasteiger partial charge on any atom is -0.490 e. The molecule has 0 fully saturated rings. The fourth-order valence-corrected chi connectivity index (χ4v) is 4.86. The number of nitrogens with zero attached hydrogens (tertiary/aromatic N) is 2. The van der Waals surface area contributed by atoms with E-state index in [9.17, 15) is 4.79 Å². The number of benzene rings is 3. The normalized spacial score (nSPS) is 14.7. The molecule has 0 saturated heterocycles. The maximum absolute atomic E-state index is 13.7. The molecule has 1 aromatic heterocycles. The first-order valence-corrected chi connectivity index (χ1v) is 12.6. The molecule has 6 nitrogen and oxygen atoms in total. The molecule has 1 aliphatic rings. The van der Waals surface area contributed by atoms with Gasteiger partial charge in [-0.2, -0.15) is 5.10 Å². The zero-order valence-corrected chi connectivity index (χ0v) is 21.1. The number of hydrogen-bond donors (Lipinski definition) is 1. The number of ether oxygens (including phenoxy) is 2. The van der Waals surface area contributed by atoms with Gasteiger partial charge in [-0.15, -0.1) is 0 Å². The van der Waals surface area contributed by atoms with Gasteiger partial charge in [0.15, 0.2) is 11.5 Å². The molecular formula is C29H28ClN3O3. The minimum atomic E-state index is -0.324. The second kappa shape index (κ2) is 10.5. The van der Waals surface area contributed by atoms with Gasteiger partial charge < -0.3 is 14.4 Å². The number of carbonyl (C=O) groups is 1. The number of amides is 1. The number of carbonyl (C=O) groups excluding carboxylic acids is 1. The Labute approximate surface area is 215 Å². The van der Waals surface area contributed by atoms with Crippen molar-refractivity contribution in [3.8, 4) is 22.8 Å². The Balaban J connectivity index is 1.60. The monoisotopic (exact) mass is 501 g/mol. The number of fused-ring (bicyclic) bond motifs is 1. The highest BCUT2D eigenvalue weighted by atomic mass is 35.5. The molecule has 5 rings (SSSR count). The van der Waals surface area contributed by atoms with Crippen LogP contribution in [0.25, 0.3) is 11.3 Å². The van der Waals surface area contributed by atoms with Crippen molar-refractivity contribution in [1.82, 2.24) is 15.1 Å². The number of nitrogens with one attached hydrogen (secondary N) is 1. The first kappa shape index (κ1) is 23.9. The summed E-state index contributed by atoms with van der Waals surface area (Å²) in [4.78, 5) is 15.6. The maximum atomic E-state index is 13.7. The smallest absolute Gasteiger partial charge is 0.273 e. The van der Waals surface area contributed by atoms with Crippen LogP contribution in [0.1, 0.15) is 47.1 Å². The molecule has 1 aliphatic heterocycles. The largest absolute Gasteiger partial charge is 0.490 e. The van der Waals surface area contributed by atoms with Crippen LogP contribution >= 0.6 is 11.6 Å². The van der Waals surface area contributed by atoms with Gasteiger partial charge in [0.2, 0.25) is 0 Å².